The number of aromatic carboxylic acids is 1. The van der Waals surface area contributed by atoms with Crippen LogP contribution in [-0.4, -0.2) is 33.5 Å². The quantitative estimate of drug-likeness (QED) is 0.910. The van der Waals surface area contributed by atoms with Crippen molar-refractivity contribution in [3.05, 3.63) is 29.6 Å². The third-order valence-electron chi connectivity index (χ3n) is 4.15. The van der Waals surface area contributed by atoms with Crippen molar-refractivity contribution in [2.75, 3.05) is 6.54 Å². The van der Waals surface area contributed by atoms with Gasteiger partial charge in [0.05, 0.1) is 0 Å². The van der Waals surface area contributed by atoms with Crippen molar-refractivity contribution in [2.45, 2.75) is 39.8 Å². The molecule has 0 aromatic carbocycles. The largest absolute Gasteiger partial charge is 0.477 e. The Labute approximate surface area is 114 Å². The van der Waals surface area contributed by atoms with Crippen molar-refractivity contribution in [1.82, 2.24) is 9.88 Å². The summed E-state index contributed by atoms with van der Waals surface area (Å²) < 4.78 is 0. The van der Waals surface area contributed by atoms with E-state index in [-0.39, 0.29) is 5.69 Å². The average Bonchev–Trinajstić information content (AvgIpc) is 2.35. The number of carboxylic acids is 1. The van der Waals surface area contributed by atoms with Crippen LogP contribution in [0, 0.1) is 11.8 Å². The first kappa shape index (κ1) is 14.0. The van der Waals surface area contributed by atoms with E-state index in [1.54, 1.807) is 12.3 Å². The van der Waals surface area contributed by atoms with E-state index in [1.807, 2.05) is 6.07 Å². The number of likely N-dealkylation sites (tertiary alicyclic amines) is 1. The van der Waals surface area contributed by atoms with Crippen LogP contribution in [-0.2, 0) is 6.54 Å². The zero-order valence-corrected chi connectivity index (χ0v) is 11.8. The minimum absolute atomic E-state index is 0.128. The summed E-state index contributed by atoms with van der Waals surface area (Å²) in [6.07, 6.45) is 2.86. The van der Waals surface area contributed by atoms with Crippen LogP contribution in [0.1, 0.15) is 43.2 Å². The van der Waals surface area contributed by atoms with Crippen molar-refractivity contribution < 1.29 is 9.90 Å². The number of hydrogen-bond donors (Lipinski definition) is 1. The lowest BCUT2D eigenvalue weighted by molar-refractivity contribution is 0.0685. The lowest BCUT2D eigenvalue weighted by atomic mass is 9.86. The number of carboxylic acid groups (broad SMARTS) is 1. The van der Waals surface area contributed by atoms with Gasteiger partial charge in [-0.15, -0.1) is 0 Å². The molecule has 2 rings (SSSR count). The Bertz CT molecular complexity index is 461. The lowest BCUT2D eigenvalue weighted by Crippen LogP contribution is -2.45. The van der Waals surface area contributed by atoms with Crippen LogP contribution in [0.5, 0.6) is 0 Å². The molecule has 0 amide bonds. The molecule has 4 nitrogen and oxygen atoms in total. The van der Waals surface area contributed by atoms with Crippen molar-refractivity contribution in [2.24, 2.45) is 11.8 Å². The van der Waals surface area contributed by atoms with Gasteiger partial charge in [-0.05, 0) is 42.9 Å². The molecule has 0 bridgehead atoms. The Balaban J connectivity index is 2.11. The Hall–Kier alpha value is -1.42. The van der Waals surface area contributed by atoms with Crippen LogP contribution in [0.25, 0.3) is 0 Å². The number of rotatable bonds is 3. The molecule has 3 atom stereocenters. The molecule has 19 heavy (non-hydrogen) atoms. The number of piperidine rings is 1. The average molecular weight is 262 g/mol. The van der Waals surface area contributed by atoms with Gasteiger partial charge in [-0.25, -0.2) is 9.78 Å². The number of pyridine rings is 1. The van der Waals surface area contributed by atoms with E-state index in [9.17, 15) is 4.79 Å². The first-order chi connectivity index (χ1) is 8.97. The fourth-order valence-electron chi connectivity index (χ4n) is 2.97. The molecular weight excluding hydrogens is 240 g/mol. The molecule has 0 aliphatic carbocycles. The maximum absolute atomic E-state index is 10.9. The molecule has 1 aromatic heterocycles. The van der Waals surface area contributed by atoms with Crippen molar-refractivity contribution >= 4 is 5.97 Å². The van der Waals surface area contributed by atoms with Crippen molar-refractivity contribution in [3.63, 3.8) is 0 Å². The van der Waals surface area contributed by atoms with Crippen LogP contribution in [0.15, 0.2) is 18.3 Å². The van der Waals surface area contributed by atoms with E-state index < -0.39 is 5.97 Å². The fraction of sp³-hybridized carbons (Fsp3) is 0.600. The van der Waals surface area contributed by atoms with Crippen molar-refractivity contribution in [3.8, 4) is 0 Å². The molecule has 3 unspecified atom stereocenters. The predicted octanol–water partition coefficient (Wildman–Crippen LogP) is 2.65. The molecule has 1 aliphatic rings. The topological polar surface area (TPSA) is 53.4 Å². The van der Waals surface area contributed by atoms with Gasteiger partial charge in [-0.2, -0.15) is 0 Å². The second-order valence-corrected chi connectivity index (χ2v) is 5.84. The highest BCUT2D eigenvalue weighted by molar-refractivity contribution is 5.85. The first-order valence-electron chi connectivity index (χ1n) is 6.89. The molecule has 0 radical (unpaired) electrons. The zero-order valence-electron chi connectivity index (χ0n) is 11.8. The van der Waals surface area contributed by atoms with Crippen LogP contribution < -0.4 is 0 Å². The Kier molecular flexibility index (Phi) is 4.20. The third kappa shape index (κ3) is 3.32. The normalized spacial score (nSPS) is 28.3. The van der Waals surface area contributed by atoms with Gasteiger partial charge in [0, 0.05) is 25.3 Å². The standard InChI is InChI=1S/C15H22N2O2/c1-10-6-11(2)12(3)17(8-10)9-13-4-5-16-14(7-13)15(18)19/h4-5,7,10-12H,6,8-9H2,1-3H3,(H,18,19). The Morgan fingerprint density at radius 3 is 2.89 bits per heavy atom. The summed E-state index contributed by atoms with van der Waals surface area (Å²) in [6.45, 7) is 8.72. The minimum atomic E-state index is -0.963. The van der Waals surface area contributed by atoms with Crippen molar-refractivity contribution in [1.29, 1.82) is 0 Å². The maximum atomic E-state index is 10.9. The monoisotopic (exact) mass is 262 g/mol. The van der Waals surface area contributed by atoms with Gasteiger partial charge in [0.25, 0.3) is 0 Å². The second kappa shape index (κ2) is 5.70. The summed E-state index contributed by atoms with van der Waals surface area (Å²) in [4.78, 5) is 17.2. The van der Waals surface area contributed by atoms with E-state index >= 15 is 0 Å². The van der Waals surface area contributed by atoms with Crippen LogP contribution >= 0.6 is 0 Å². The summed E-state index contributed by atoms with van der Waals surface area (Å²) in [5, 5.41) is 8.98. The molecule has 104 valence electrons. The Morgan fingerprint density at radius 2 is 2.21 bits per heavy atom. The predicted molar refractivity (Wildman–Crippen MR) is 74.0 cm³/mol. The molecule has 1 saturated heterocycles. The number of carbonyl (C=O) groups is 1. The maximum Gasteiger partial charge on any atom is 0.354 e. The molecule has 1 N–H and O–H groups in total. The lowest BCUT2D eigenvalue weighted by Gasteiger charge is -2.41. The first-order valence-corrected chi connectivity index (χ1v) is 6.89. The smallest absolute Gasteiger partial charge is 0.354 e. The molecular formula is C15H22N2O2. The molecule has 0 saturated carbocycles. The van der Waals surface area contributed by atoms with Gasteiger partial charge in [0.2, 0.25) is 0 Å². The van der Waals surface area contributed by atoms with Gasteiger partial charge < -0.3 is 5.11 Å². The molecule has 1 aromatic rings. The van der Waals surface area contributed by atoms with Gasteiger partial charge in [-0.3, -0.25) is 4.90 Å². The summed E-state index contributed by atoms with van der Waals surface area (Å²) in [6, 6.07) is 4.12. The van der Waals surface area contributed by atoms with Gasteiger partial charge in [-0.1, -0.05) is 13.8 Å². The van der Waals surface area contributed by atoms with Gasteiger partial charge in [0.1, 0.15) is 5.69 Å². The highest BCUT2D eigenvalue weighted by Gasteiger charge is 2.28. The minimum Gasteiger partial charge on any atom is -0.477 e. The third-order valence-corrected chi connectivity index (χ3v) is 4.15. The second-order valence-electron chi connectivity index (χ2n) is 5.84. The summed E-state index contributed by atoms with van der Waals surface area (Å²) in [7, 11) is 0. The molecule has 2 heterocycles. The van der Waals surface area contributed by atoms with Crippen LogP contribution in [0.3, 0.4) is 0 Å². The summed E-state index contributed by atoms with van der Waals surface area (Å²) in [5.41, 5.74) is 1.16. The summed E-state index contributed by atoms with van der Waals surface area (Å²) >= 11 is 0. The fourth-order valence-corrected chi connectivity index (χ4v) is 2.97. The van der Waals surface area contributed by atoms with Gasteiger partial charge >= 0.3 is 5.97 Å². The molecule has 1 fully saturated rings. The number of aromatic nitrogens is 1. The van der Waals surface area contributed by atoms with E-state index in [0.29, 0.717) is 17.9 Å². The van der Waals surface area contributed by atoms with Crippen LogP contribution in [0.4, 0.5) is 0 Å². The van der Waals surface area contributed by atoms with Crippen LogP contribution in [0.2, 0.25) is 0 Å². The van der Waals surface area contributed by atoms with E-state index in [2.05, 4.69) is 30.7 Å². The zero-order chi connectivity index (χ0) is 14.0. The molecule has 4 heteroatoms. The van der Waals surface area contributed by atoms with E-state index in [4.69, 9.17) is 5.11 Å². The van der Waals surface area contributed by atoms with E-state index in [1.165, 1.54) is 6.42 Å². The van der Waals surface area contributed by atoms with Gasteiger partial charge in [0.15, 0.2) is 0 Å². The summed E-state index contributed by atoms with van der Waals surface area (Å²) in [5.74, 6) is 0.423. The highest BCUT2D eigenvalue weighted by atomic mass is 16.4. The molecule has 0 spiro atoms. The SMILES string of the molecule is CC1CC(C)C(C)N(Cc2ccnc(C(=O)O)c2)C1. The number of nitrogens with zero attached hydrogens (tertiary/aromatic N) is 2. The Morgan fingerprint density at radius 1 is 1.47 bits per heavy atom. The van der Waals surface area contributed by atoms with E-state index in [0.717, 1.165) is 18.7 Å². The highest BCUT2D eigenvalue weighted by Crippen LogP contribution is 2.28. The number of hydrogen-bond acceptors (Lipinski definition) is 3. The molecule has 1 aliphatic heterocycles.